The third kappa shape index (κ3) is 1.83. The molecule has 2 heterocycles. The van der Waals surface area contributed by atoms with Crippen molar-refractivity contribution in [2.75, 3.05) is 26.2 Å². The Bertz CT molecular complexity index is 216. The van der Waals surface area contributed by atoms with E-state index < -0.39 is 0 Å². The van der Waals surface area contributed by atoms with E-state index in [0.717, 1.165) is 19.5 Å². The van der Waals surface area contributed by atoms with Crippen LogP contribution in [0.2, 0.25) is 0 Å². The Labute approximate surface area is 83.6 Å². The highest BCUT2D eigenvalue weighted by Crippen LogP contribution is 2.15. The lowest BCUT2D eigenvalue weighted by atomic mass is 10.2. The summed E-state index contributed by atoms with van der Waals surface area (Å²) in [4.78, 5) is 13.1. The van der Waals surface area contributed by atoms with E-state index >= 15 is 0 Å². The standard InChI is InChI=1S/C9H17N3O2/c10-4-8-6-14-9(13)12(8)5-7-2-1-3-11-7/h7-8,11H,1-6,10H2. The van der Waals surface area contributed by atoms with Crippen molar-refractivity contribution in [2.24, 2.45) is 5.73 Å². The molecule has 1 amide bonds. The second-order valence-electron chi connectivity index (χ2n) is 3.91. The monoisotopic (exact) mass is 199 g/mol. The number of hydrogen-bond acceptors (Lipinski definition) is 4. The lowest BCUT2D eigenvalue weighted by molar-refractivity contribution is 0.155. The molecule has 2 saturated heterocycles. The first-order valence-corrected chi connectivity index (χ1v) is 5.18. The molecule has 5 heteroatoms. The summed E-state index contributed by atoms with van der Waals surface area (Å²) >= 11 is 0. The van der Waals surface area contributed by atoms with Gasteiger partial charge in [-0.1, -0.05) is 0 Å². The molecule has 2 aliphatic heterocycles. The predicted molar refractivity (Wildman–Crippen MR) is 51.9 cm³/mol. The van der Waals surface area contributed by atoms with Crippen molar-refractivity contribution < 1.29 is 9.53 Å². The fourth-order valence-corrected chi connectivity index (χ4v) is 2.06. The van der Waals surface area contributed by atoms with Crippen LogP contribution in [0.1, 0.15) is 12.8 Å². The van der Waals surface area contributed by atoms with Gasteiger partial charge in [-0.3, -0.25) is 4.90 Å². The molecule has 3 N–H and O–H groups in total. The van der Waals surface area contributed by atoms with E-state index in [1.807, 2.05) is 0 Å². The normalized spacial score (nSPS) is 32.4. The van der Waals surface area contributed by atoms with Crippen molar-refractivity contribution in [3.63, 3.8) is 0 Å². The summed E-state index contributed by atoms with van der Waals surface area (Å²) in [6, 6.07) is 0.500. The number of carbonyl (C=O) groups is 1. The van der Waals surface area contributed by atoms with Crippen LogP contribution in [0, 0.1) is 0 Å². The van der Waals surface area contributed by atoms with Crippen LogP contribution in [0.4, 0.5) is 4.79 Å². The van der Waals surface area contributed by atoms with Gasteiger partial charge in [0, 0.05) is 19.1 Å². The Kier molecular flexibility index (Phi) is 2.88. The largest absolute Gasteiger partial charge is 0.447 e. The number of nitrogens with zero attached hydrogens (tertiary/aromatic N) is 1. The molecule has 2 atom stereocenters. The van der Waals surface area contributed by atoms with Crippen LogP contribution in [0.3, 0.4) is 0 Å². The molecule has 0 spiro atoms. The summed E-state index contributed by atoms with van der Waals surface area (Å²) < 4.78 is 4.96. The van der Waals surface area contributed by atoms with E-state index in [1.54, 1.807) is 4.90 Å². The van der Waals surface area contributed by atoms with Gasteiger partial charge in [-0.15, -0.1) is 0 Å². The minimum atomic E-state index is -0.214. The molecule has 2 aliphatic rings. The number of amides is 1. The minimum absolute atomic E-state index is 0.0740. The number of cyclic esters (lactones) is 1. The molecule has 80 valence electrons. The number of nitrogens with one attached hydrogen (secondary N) is 1. The maximum atomic E-state index is 11.4. The zero-order chi connectivity index (χ0) is 9.97. The van der Waals surface area contributed by atoms with Gasteiger partial charge in [0.1, 0.15) is 6.61 Å². The highest BCUT2D eigenvalue weighted by atomic mass is 16.6. The van der Waals surface area contributed by atoms with Crippen LogP contribution >= 0.6 is 0 Å². The molecule has 5 nitrogen and oxygen atoms in total. The summed E-state index contributed by atoms with van der Waals surface area (Å²) in [5.41, 5.74) is 5.57. The second kappa shape index (κ2) is 4.14. The molecule has 2 rings (SSSR count). The highest BCUT2D eigenvalue weighted by molar-refractivity contribution is 5.70. The van der Waals surface area contributed by atoms with Crippen molar-refractivity contribution in [3.05, 3.63) is 0 Å². The fourth-order valence-electron chi connectivity index (χ4n) is 2.06. The first-order valence-electron chi connectivity index (χ1n) is 5.18. The van der Waals surface area contributed by atoms with Crippen molar-refractivity contribution in [3.8, 4) is 0 Å². The molecule has 0 aromatic heterocycles. The molecular weight excluding hydrogens is 182 g/mol. The van der Waals surface area contributed by atoms with Gasteiger partial charge in [0.15, 0.2) is 0 Å². The first kappa shape index (κ1) is 9.73. The zero-order valence-electron chi connectivity index (χ0n) is 8.24. The summed E-state index contributed by atoms with van der Waals surface area (Å²) in [6.45, 7) is 2.72. The molecule has 2 fully saturated rings. The second-order valence-corrected chi connectivity index (χ2v) is 3.91. The van der Waals surface area contributed by atoms with Crippen LogP contribution < -0.4 is 11.1 Å². The third-order valence-corrected chi connectivity index (χ3v) is 2.93. The average Bonchev–Trinajstić information content (AvgIpc) is 2.79. The molecule has 0 aromatic rings. The van der Waals surface area contributed by atoms with Crippen molar-refractivity contribution >= 4 is 6.09 Å². The molecule has 0 aromatic carbocycles. The fraction of sp³-hybridized carbons (Fsp3) is 0.889. The Morgan fingerprint density at radius 1 is 1.64 bits per heavy atom. The van der Waals surface area contributed by atoms with Crippen LogP contribution in [0.25, 0.3) is 0 Å². The highest BCUT2D eigenvalue weighted by Gasteiger charge is 2.33. The summed E-state index contributed by atoms with van der Waals surface area (Å²) in [7, 11) is 0. The van der Waals surface area contributed by atoms with Crippen molar-refractivity contribution in [1.82, 2.24) is 10.2 Å². The van der Waals surface area contributed by atoms with Crippen LogP contribution in [0.5, 0.6) is 0 Å². The van der Waals surface area contributed by atoms with Gasteiger partial charge in [0.2, 0.25) is 0 Å². The minimum Gasteiger partial charge on any atom is -0.447 e. The van der Waals surface area contributed by atoms with Crippen LogP contribution in [-0.4, -0.2) is 49.3 Å². The van der Waals surface area contributed by atoms with Gasteiger partial charge in [0.25, 0.3) is 0 Å². The maximum Gasteiger partial charge on any atom is 0.410 e. The summed E-state index contributed by atoms with van der Waals surface area (Å²) in [5, 5.41) is 3.36. The van der Waals surface area contributed by atoms with E-state index in [-0.39, 0.29) is 12.1 Å². The molecule has 2 unspecified atom stereocenters. The molecular formula is C9H17N3O2. The van der Waals surface area contributed by atoms with Gasteiger partial charge < -0.3 is 15.8 Å². The molecule has 0 aliphatic carbocycles. The summed E-state index contributed by atoms with van der Waals surface area (Å²) in [5.74, 6) is 0. The number of nitrogens with two attached hydrogens (primary N) is 1. The van der Waals surface area contributed by atoms with Crippen molar-refractivity contribution in [2.45, 2.75) is 24.9 Å². The zero-order valence-corrected chi connectivity index (χ0v) is 8.24. The maximum absolute atomic E-state index is 11.4. The van der Waals surface area contributed by atoms with Gasteiger partial charge >= 0.3 is 6.09 Å². The molecule has 0 saturated carbocycles. The number of carbonyl (C=O) groups excluding carboxylic acids is 1. The number of hydrogen-bond donors (Lipinski definition) is 2. The van der Waals surface area contributed by atoms with E-state index in [0.29, 0.717) is 19.2 Å². The molecule has 0 bridgehead atoms. The molecule has 0 radical (unpaired) electrons. The van der Waals surface area contributed by atoms with Gasteiger partial charge in [-0.25, -0.2) is 4.79 Å². The Hall–Kier alpha value is -0.810. The van der Waals surface area contributed by atoms with E-state index in [9.17, 15) is 4.79 Å². The Balaban J connectivity index is 1.90. The van der Waals surface area contributed by atoms with Gasteiger partial charge in [-0.2, -0.15) is 0 Å². The topological polar surface area (TPSA) is 67.6 Å². The van der Waals surface area contributed by atoms with Gasteiger partial charge in [0.05, 0.1) is 6.04 Å². The SMILES string of the molecule is NCC1COC(=O)N1CC1CCCN1. The third-order valence-electron chi connectivity index (χ3n) is 2.93. The lowest BCUT2D eigenvalue weighted by Crippen LogP contribution is -2.45. The predicted octanol–water partition coefficient (Wildman–Crippen LogP) is -0.482. The molecule has 14 heavy (non-hydrogen) atoms. The van der Waals surface area contributed by atoms with E-state index in [1.165, 1.54) is 6.42 Å². The number of rotatable bonds is 3. The summed E-state index contributed by atoms with van der Waals surface area (Å²) in [6.07, 6.45) is 2.12. The van der Waals surface area contributed by atoms with E-state index in [2.05, 4.69) is 5.32 Å². The quantitative estimate of drug-likeness (QED) is 0.644. The Morgan fingerprint density at radius 3 is 3.14 bits per heavy atom. The first-order chi connectivity index (χ1) is 6.81. The average molecular weight is 199 g/mol. The smallest absolute Gasteiger partial charge is 0.410 e. The van der Waals surface area contributed by atoms with E-state index in [4.69, 9.17) is 10.5 Å². The Morgan fingerprint density at radius 2 is 2.50 bits per heavy atom. The van der Waals surface area contributed by atoms with Gasteiger partial charge in [-0.05, 0) is 19.4 Å². The van der Waals surface area contributed by atoms with Crippen molar-refractivity contribution in [1.29, 1.82) is 0 Å². The van der Waals surface area contributed by atoms with Crippen LogP contribution in [-0.2, 0) is 4.74 Å². The number of ether oxygens (including phenoxy) is 1. The van der Waals surface area contributed by atoms with Crippen LogP contribution in [0.15, 0.2) is 0 Å². The lowest BCUT2D eigenvalue weighted by Gasteiger charge is -2.23.